The van der Waals surface area contributed by atoms with Crippen LogP contribution in [-0.4, -0.2) is 22.9 Å². The minimum absolute atomic E-state index is 0.333. The van der Waals surface area contributed by atoms with E-state index in [0.29, 0.717) is 0 Å². The van der Waals surface area contributed by atoms with Gasteiger partial charge in [-0.25, -0.2) is 0 Å². The van der Waals surface area contributed by atoms with Crippen molar-refractivity contribution in [3.8, 4) is 23.7 Å². The molecule has 0 aromatic carbocycles. The topological polar surface area (TPSA) is 40.5 Å². The molecule has 19 heavy (non-hydrogen) atoms. The summed E-state index contributed by atoms with van der Waals surface area (Å²) in [6, 6.07) is 0. The molecule has 2 nitrogen and oxygen atoms in total. The second kappa shape index (κ2) is 15.3. The zero-order valence-electron chi connectivity index (χ0n) is 11.4. The largest absolute Gasteiger partial charge is 0.393 e. The highest BCUT2D eigenvalue weighted by molar-refractivity contribution is 9.11. The van der Waals surface area contributed by atoms with Crippen LogP contribution in [0.5, 0.6) is 0 Å². The summed E-state index contributed by atoms with van der Waals surface area (Å²) in [6.07, 6.45) is 10.7. The molecule has 0 aliphatic carbocycles. The molecule has 0 amide bonds. The second-order valence-electron chi connectivity index (χ2n) is 4.29. The minimum atomic E-state index is -0.964. The van der Waals surface area contributed by atoms with Gasteiger partial charge in [-0.15, -0.1) is 0 Å². The first-order valence-corrected chi connectivity index (χ1v) is 7.75. The smallest absolute Gasteiger partial charge is 0.138 e. The standard InChI is InChI=1S/C16H23BrO2/c17-14-12-10-8-6-4-2-1-3-5-7-9-11-13-16(19)15-18/h12,14,16,18-19H,1-6,8,10,15H2/t16-/m1/s1. The molecule has 0 unspecified atom stereocenters. The number of unbranched alkanes of at least 4 members (excludes halogenated alkanes) is 7. The molecule has 2 N–H and O–H groups in total. The number of allylic oxidation sites excluding steroid dienone is 1. The Balaban J connectivity index is 3.31. The zero-order chi connectivity index (χ0) is 14.2. The normalized spacial score (nSPS) is 11.5. The number of hydrogen-bond donors (Lipinski definition) is 2. The van der Waals surface area contributed by atoms with Gasteiger partial charge in [0.2, 0.25) is 0 Å². The quantitative estimate of drug-likeness (QED) is 0.503. The third-order valence-corrected chi connectivity index (χ3v) is 2.95. The first kappa shape index (κ1) is 18.3. The fraction of sp³-hybridized carbons (Fsp3) is 0.625. The highest BCUT2D eigenvalue weighted by Crippen LogP contribution is 2.08. The monoisotopic (exact) mass is 326 g/mol. The molecule has 0 aromatic heterocycles. The van der Waals surface area contributed by atoms with E-state index in [9.17, 15) is 0 Å². The second-order valence-corrected chi connectivity index (χ2v) is 4.82. The summed E-state index contributed by atoms with van der Waals surface area (Å²) in [5, 5.41) is 17.5. The van der Waals surface area contributed by atoms with Gasteiger partial charge in [0, 0.05) is 6.42 Å². The number of aliphatic hydroxyl groups is 2. The Hall–Kier alpha value is -0.740. The summed E-state index contributed by atoms with van der Waals surface area (Å²) >= 11 is 3.26. The van der Waals surface area contributed by atoms with Gasteiger partial charge < -0.3 is 10.2 Å². The summed E-state index contributed by atoms with van der Waals surface area (Å²) < 4.78 is 0. The van der Waals surface area contributed by atoms with Crippen LogP contribution in [0.3, 0.4) is 0 Å². The average molecular weight is 327 g/mol. The van der Waals surface area contributed by atoms with Crippen LogP contribution in [0.25, 0.3) is 0 Å². The van der Waals surface area contributed by atoms with E-state index in [0.717, 1.165) is 19.3 Å². The maximum absolute atomic E-state index is 8.94. The van der Waals surface area contributed by atoms with Gasteiger partial charge in [0.05, 0.1) is 6.61 Å². The van der Waals surface area contributed by atoms with Crippen molar-refractivity contribution in [2.45, 2.75) is 57.5 Å². The molecule has 0 fully saturated rings. The Kier molecular flexibility index (Phi) is 14.7. The van der Waals surface area contributed by atoms with Crippen molar-refractivity contribution in [2.24, 2.45) is 0 Å². The van der Waals surface area contributed by atoms with Crippen LogP contribution in [0.4, 0.5) is 0 Å². The maximum atomic E-state index is 8.94. The third-order valence-electron chi connectivity index (χ3n) is 2.57. The third kappa shape index (κ3) is 15.2. The molecule has 0 heterocycles. The van der Waals surface area contributed by atoms with Crippen molar-refractivity contribution in [1.82, 2.24) is 0 Å². The van der Waals surface area contributed by atoms with Gasteiger partial charge in [-0.1, -0.05) is 59.5 Å². The van der Waals surface area contributed by atoms with Crippen LogP contribution < -0.4 is 0 Å². The average Bonchev–Trinajstić information content (AvgIpc) is 2.43. The van der Waals surface area contributed by atoms with Crippen molar-refractivity contribution in [3.05, 3.63) is 11.1 Å². The molecule has 1 atom stereocenters. The predicted molar refractivity (Wildman–Crippen MR) is 83.6 cm³/mol. The van der Waals surface area contributed by atoms with E-state index in [2.05, 4.69) is 45.7 Å². The lowest BCUT2D eigenvalue weighted by Gasteiger charge is -1.98. The molecule has 0 aliphatic heterocycles. The van der Waals surface area contributed by atoms with Gasteiger partial charge in [0.15, 0.2) is 0 Å². The number of hydrogen-bond acceptors (Lipinski definition) is 2. The van der Waals surface area contributed by atoms with E-state index in [4.69, 9.17) is 10.2 Å². The van der Waals surface area contributed by atoms with E-state index in [-0.39, 0.29) is 6.61 Å². The van der Waals surface area contributed by atoms with Gasteiger partial charge in [0.1, 0.15) is 6.10 Å². The molecule has 0 bridgehead atoms. The van der Waals surface area contributed by atoms with Crippen molar-refractivity contribution >= 4 is 15.9 Å². The van der Waals surface area contributed by atoms with Crippen LogP contribution in [0, 0.1) is 23.7 Å². The first-order valence-electron chi connectivity index (χ1n) is 6.83. The van der Waals surface area contributed by atoms with Gasteiger partial charge in [0.25, 0.3) is 0 Å². The number of aliphatic hydroxyl groups excluding tert-OH is 2. The Bertz CT molecular complexity index is 341. The van der Waals surface area contributed by atoms with E-state index in [1.54, 1.807) is 0 Å². The molecule has 3 heteroatoms. The van der Waals surface area contributed by atoms with Crippen molar-refractivity contribution < 1.29 is 10.2 Å². The summed E-state index contributed by atoms with van der Waals surface area (Å²) in [6.45, 7) is -0.333. The molecule has 0 aliphatic rings. The van der Waals surface area contributed by atoms with E-state index in [1.165, 1.54) is 32.1 Å². The summed E-state index contributed by atoms with van der Waals surface area (Å²) in [5.74, 6) is 10.6. The van der Waals surface area contributed by atoms with Crippen LogP contribution in [0.15, 0.2) is 11.1 Å². The predicted octanol–water partition coefficient (Wildman–Crippen LogP) is 3.38. The lowest BCUT2D eigenvalue weighted by Crippen LogP contribution is -2.07. The Morgan fingerprint density at radius 1 is 1.00 bits per heavy atom. The van der Waals surface area contributed by atoms with E-state index in [1.807, 2.05) is 4.99 Å². The Morgan fingerprint density at radius 2 is 1.68 bits per heavy atom. The Labute approximate surface area is 125 Å². The SMILES string of the molecule is OC[C@H](O)C#CC#CCCCCCCCCC=CBr. The van der Waals surface area contributed by atoms with Gasteiger partial charge >= 0.3 is 0 Å². The Morgan fingerprint density at radius 3 is 2.37 bits per heavy atom. The molecule has 0 radical (unpaired) electrons. The van der Waals surface area contributed by atoms with Gasteiger partial charge in [-0.2, -0.15) is 0 Å². The van der Waals surface area contributed by atoms with Crippen LogP contribution in [0.2, 0.25) is 0 Å². The summed E-state index contributed by atoms with van der Waals surface area (Å²) in [4.78, 5) is 1.92. The van der Waals surface area contributed by atoms with Gasteiger partial charge in [-0.05, 0) is 36.1 Å². The fourth-order valence-electron chi connectivity index (χ4n) is 1.52. The minimum Gasteiger partial charge on any atom is -0.393 e. The summed E-state index contributed by atoms with van der Waals surface area (Å²) in [7, 11) is 0. The maximum Gasteiger partial charge on any atom is 0.138 e. The first-order chi connectivity index (χ1) is 9.31. The molecule has 0 saturated heterocycles. The zero-order valence-corrected chi connectivity index (χ0v) is 13.0. The van der Waals surface area contributed by atoms with Gasteiger partial charge in [-0.3, -0.25) is 0 Å². The van der Waals surface area contributed by atoms with Crippen LogP contribution >= 0.6 is 15.9 Å². The van der Waals surface area contributed by atoms with Crippen LogP contribution in [0.1, 0.15) is 51.4 Å². The number of rotatable bonds is 9. The highest BCUT2D eigenvalue weighted by Gasteiger charge is 1.91. The van der Waals surface area contributed by atoms with Crippen molar-refractivity contribution in [2.75, 3.05) is 6.61 Å². The number of halogens is 1. The van der Waals surface area contributed by atoms with E-state index >= 15 is 0 Å². The molecule has 0 spiro atoms. The molecule has 0 saturated carbocycles. The van der Waals surface area contributed by atoms with E-state index < -0.39 is 6.10 Å². The summed E-state index contributed by atoms with van der Waals surface area (Å²) in [5.41, 5.74) is 0. The molecular weight excluding hydrogens is 304 g/mol. The van der Waals surface area contributed by atoms with Crippen molar-refractivity contribution in [3.63, 3.8) is 0 Å². The molecule has 106 valence electrons. The molecule has 0 aromatic rings. The fourth-order valence-corrected chi connectivity index (χ4v) is 1.78. The molecular formula is C16H23BrO2. The highest BCUT2D eigenvalue weighted by atomic mass is 79.9. The lowest BCUT2D eigenvalue weighted by atomic mass is 10.1. The van der Waals surface area contributed by atoms with Crippen molar-refractivity contribution in [1.29, 1.82) is 0 Å². The molecule has 0 rings (SSSR count). The van der Waals surface area contributed by atoms with Crippen LogP contribution in [-0.2, 0) is 0 Å². The lowest BCUT2D eigenvalue weighted by molar-refractivity contribution is 0.138.